The summed E-state index contributed by atoms with van der Waals surface area (Å²) >= 11 is 3.56. The largest absolute Gasteiger partial charge is 0.378 e. The van der Waals surface area contributed by atoms with Gasteiger partial charge >= 0.3 is 0 Å². The molecule has 1 aromatic rings. The van der Waals surface area contributed by atoms with Gasteiger partial charge in [-0.2, -0.15) is 0 Å². The minimum absolute atomic E-state index is 0.482. The monoisotopic (exact) mass is 339 g/mol. The maximum atomic E-state index is 5.81. The molecule has 20 heavy (non-hydrogen) atoms. The maximum absolute atomic E-state index is 5.81. The maximum Gasteiger partial charge on any atom is 0.0579 e. The molecule has 0 radical (unpaired) electrons. The molecule has 0 amide bonds. The van der Waals surface area contributed by atoms with Crippen LogP contribution in [0.2, 0.25) is 0 Å². The van der Waals surface area contributed by atoms with E-state index in [2.05, 4.69) is 52.4 Å². The van der Waals surface area contributed by atoms with E-state index in [0.717, 1.165) is 26.1 Å². The molecule has 0 bridgehead atoms. The lowest BCUT2D eigenvalue weighted by Gasteiger charge is -2.21. The van der Waals surface area contributed by atoms with Crippen molar-refractivity contribution in [1.82, 2.24) is 5.32 Å². The summed E-state index contributed by atoms with van der Waals surface area (Å²) in [5, 5.41) is 3.58. The van der Waals surface area contributed by atoms with E-state index in [-0.39, 0.29) is 0 Å². The van der Waals surface area contributed by atoms with E-state index in [0.29, 0.717) is 12.0 Å². The molecule has 0 aliphatic carbocycles. The zero-order valence-corrected chi connectivity index (χ0v) is 14.0. The normalized spacial score (nSPS) is 20.2. The summed E-state index contributed by atoms with van der Waals surface area (Å²) in [4.78, 5) is 0. The van der Waals surface area contributed by atoms with Gasteiger partial charge in [0.25, 0.3) is 0 Å². The summed E-state index contributed by atoms with van der Waals surface area (Å²) in [6, 6.07) is 8.69. The van der Waals surface area contributed by atoms with E-state index in [1.54, 1.807) is 0 Å². The third-order valence-corrected chi connectivity index (χ3v) is 4.39. The van der Waals surface area contributed by atoms with E-state index < -0.39 is 0 Å². The summed E-state index contributed by atoms with van der Waals surface area (Å²) in [6.07, 6.45) is 6.47. The van der Waals surface area contributed by atoms with Gasteiger partial charge in [-0.25, -0.2) is 0 Å². The van der Waals surface area contributed by atoms with Crippen LogP contribution >= 0.6 is 15.9 Å². The molecule has 2 unspecified atom stereocenters. The first-order valence-corrected chi connectivity index (χ1v) is 8.64. The molecule has 1 aromatic carbocycles. The van der Waals surface area contributed by atoms with Gasteiger partial charge in [0.1, 0.15) is 0 Å². The van der Waals surface area contributed by atoms with E-state index in [1.165, 1.54) is 35.7 Å². The zero-order valence-electron chi connectivity index (χ0n) is 12.4. The first kappa shape index (κ1) is 16.0. The second-order valence-corrected chi connectivity index (χ2v) is 6.69. The van der Waals surface area contributed by atoms with Crippen LogP contribution in [0.1, 0.15) is 38.2 Å². The number of hydrogen-bond acceptors (Lipinski definition) is 2. The Hall–Kier alpha value is -0.380. The second kappa shape index (κ2) is 8.81. The summed E-state index contributed by atoms with van der Waals surface area (Å²) in [5.74, 6) is 0.666. The Morgan fingerprint density at radius 2 is 2.35 bits per heavy atom. The van der Waals surface area contributed by atoms with E-state index in [1.807, 2.05) is 0 Å². The molecule has 0 saturated carbocycles. The van der Waals surface area contributed by atoms with Crippen molar-refractivity contribution in [1.29, 1.82) is 0 Å². The number of ether oxygens (including phenoxy) is 1. The van der Waals surface area contributed by atoms with Crippen LogP contribution in [0.5, 0.6) is 0 Å². The fourth-order valence-electron chi connectivity index (χ4n) is 2.92. The molecule has 112 valence electrons. The van der Waals surface area contributed by atoms with Crippen LogP contribution < -0.4 is 5.32 Å². The van der Waals surface area contributed by atoms with Crippen molar-refractivity contribution in [3.05, 3.63) is 34.3 Å². The van der Waals surface area contributed by atoms with Crippen LogP contribution in [-0.2, 0) is 11.2 Å². The Kier molecular flexibility index (Phi) is 7.05. The smallest absolute Gasteiger partial charge is 0.0579 e. The van der Waals surface area contributed by atoms with Crippen LogP contribution in [0.25, 0.3) is 0 Å². The predicted octanol–water partition coefficient (Wildman–Crippen LogP) is 4.18. The molecule has 2 atom stereocenters. The average molecular weight is 340 g/mol. The van der Waals surface area contributed by atoms with Gasteiger partial charge in [-0.1, -0.05) is 35.0 Å². The third kappa shape index (κ3) is 5.55. The highest BCUT2D eigenvalue weighted by Gasteiger charge is 2.21. The summed E-state index contributed by atoms with van der Waals surface area (Å²) in [6.45, 7) is 5.38. The van der Waals surface area contributed by atoms with Crippen molar-refractivity contribution in [2.45, 2.75) is 45.1 Å². The van der Waals surface area contributed by atoms with Gasteiger partial charge in [-0.05, 0) is 68.8 Å². The van der Waals surface area contributed by atoms with Gasteiger partial charge in [0.2, 0.25) is 0 Å². The second-order valence-electron chi connectivity index (χ2n) is 5.77. The van der Waals surface area contributed by atoms with Crippen molar-refractivity contribution in [2.75, 3.05) is 19.7 Å². The average Bonchev–Trinajstić information content (AvgIpc) is 2.92. The Bertz CT molecular complexity index is 390. The highest BCUT2D eigenvalue weighted by Crippen LogP contribution is 2.23. The molecular weight excluding hydrogens is 314 g/mol. The zero-order chi connectivity index (χ0) is 14.2. The summed E-state index contributed by atoms with van der Waals surface area (Å²) in [5.41, 5.74) is 1.42. The molecule has 0 aromatic heterocycles. The van der Waals surface area contributed by atoms with Gasteiger partial charge in [0, 0.05) is 11.1 Å². The van der Waals surface area contributed by atoms with E-state index >= 15 is 0 Å². The van der Waals surface area contributed by atoms with E-state index in [9.17, 15) is 0 Å². The predicted molar refractivity (Wildman–Crippen MR) is 88.1 cm³/mol. The first-order valence-electron chi connectivity index (χ1n) is 7.84. The van der Waals surface area contributed by atoms with Crippen molar-refractivity contribution in [3.8, 4) is 0 Å². The number of rotatable bonds is 8. The highest BCUT2D eigenvalue weighted by atomic mass is 79.9. The lowest BCUT2D eigenvalue weighted by Crippen LogP contribution is -2.28. The number of nitrogens with one attached hydrogen (secondary N) is 1. The molecular formula is C17H26BrNO. The molecule has 1 heterocycles. The lowest BCUT2D eigenvalue weighted by molar-refractivity contribution is 0.0893. The lowest BCUT2D eigenvalue weighted by atomic mass is 9.92. The van der Waals surface area contributed by atoms with Crippen molar-refractivity contribution in [3.63, 3.8) is 0 Å². The number of halogens is 1. The molecule has 1 saturated heterocycles. The molecule has 2 rings (SSSR count). The third-order valence-electron chi connectivity index (χ3n) is 3.89. The molecule has 1 aliphatic heterocycles. The Morgan fingerprint density at radius 3 is 3.05 bits per heavy atom. The molecule has 1 fully saturated rings. The number of benzene rings is 1. The Labute approximate surface area is 131 Å². The topological polar surface area (TPSA) is 21.3 Å². The van der Waals surface area contributed by atoms with Crippen LogP contribution in [0.15, 0.2) is 28.7 Å². The molecule has 1 aliphatic rings. The molecule has 2 nitrogen and oxygen atoms in total. The minimum atomic E-state index is 0.482. The molecule has 3 heteroatoms. The van der Waals surface area contributed by atoms with Gasteiger partial charge in [0.15, 0.2) is 0 Å². The van der Waals surface area contributed by atoms with Crippen LogP contribution in [-0.4, -0.2) is 25.8 Å². The van der Waals surface area contributed by atoms with Crippen LogP contribution in [0.3, 0.4) is 0 Å². The van der Waals surface area contributed by atoms with Gasteiger partial charge < -0.3 is 10.1 Å². The quantitative estimate of drug-likeness (QED) is 0.717. The Balaban J connectivity index is 1.89. The summed E-state index contributed by atoms with van der Waals surface area (Å²) in [7, 11) is 0. The molecule has 0 spiro atoms. The van der Waals surface area contributed by atoms with Gasteiger partial charge in [-0.15, -0.1) is 0 Å². The highest BCUT2D eigenvalue weighted by molar-refractivity contribution is 9.10. The number of hydrogen-bond donors (Lipinski definition) is 1. The van der Waals surface area contributed by atoms with Gasteiger partial charge in [0.05, 0.1) is 6.10 Å². The fraction of sp³-hybridized carbons (Fsp3) is 0.647. The van der Waals surface area contributed by atoms with Crippen molar-refractivity contribution >= 4 is 15.9 Å². The SMILES string of the molecule is CCCNCC(Cc1cccc(Br)c1)CC1CCCO1. The standard InChI is InChI=1S/C17H26BrNO/c1-2-8-19-13-15(12-17-7-4-9-20-17)10-14-5-3-6-16(18)11-14/h3,5-6,11,15,17,19H,2,4,7-10,12-13H2,1H3. The van der Waals surface area contributed by atoms with Crippen LogP contribution in [0.4, 0.5) is 0 Å². The van der Waals surface area contributed by atoms with Crippen molar-refractivity contribution < 1.29 is 4.74 Å². The first-order chi connectivity index (χ1) is 9.78. The Morgan fingerprint density at radius 1 is 1.45 bits per heavy atom. The van der Waals surface area contributed by atoms with Gasteiger partial charge in [-0.3, -0.25) is 0 Å². The van der Waals surface area contributed by atoms with Crippen molar-refractivity contribution in [2.24, 2.45) is 5.92 Å². The molecule has 1 N–H and O–H groups in total. The van der Waals surface area contributed by atoms with Crippen LogP contribution in [0, 0.1) is 5.92 Å². The fourth-order valence-corrected chi connectivity index (χ4v) is 3.37. The minimum Gasteiger partial charge on any atom is -0.378 e. The summed E-state index contributed by atoms with van der Waals surface area (Å²) < 4.78 is 6.99. The van der Waals surface area contributed by atoms with E-state index in [4.69, 9.17) is 4.74 Å².